The highest BCUT2D eigenvalue weighted by molar-refractivity contribution is 6.02. The van der Waals surface area contributed by atoms with Crippen molar-refractivity contribution in [3.05, 3.63) is 16.8 Å². The van der Waals surface area contributed by atoms with Gasteiger partial charge in [-0.2, -0.15) is 5.10 Å². The van der Waals surface area contributed by atoms with Crippen LogP contribution in [0.3, 0.4) is 0 Å². The highest BCUT2D eigenvalue weighted by Crippen LogP contribution is 2.23. The van der Waals surface area contributed by atoms with E-state index in [2.05, 4.69) is 15.4 Å². The van der Waals surface area contributed by atoms with Crippen LogP contribution < -0.4 is 10.6 Å². The Hall–Kier alpha value is -1.89. The van der Waals surface area contributed by atoms with Crippen LogP contribution in [0.15, 0.2) is 5.16 Å². The third-order valence-corrected chi connectivity index (χ3v) is 3.66. The van der Waals surface area contributed by atoms with E-state index in [1.807, 2.05) is 25.8 Å². The van der Waals surface area contributed by atoms with Crippen LogP contribution in [0.1, 0.15) is 29.7 Å². The van der Waals surface area contributed by atoms with Crippen LogP contribution in [-0.2, 0) is 4.74 Å². The first-order chi connectivity index (χ1) is 9.54. The Morgan fingerprint density at radius 3 is 2.85 bits per heavy atom. The predicted octanol–water partition coefficient (Wildman–Crippen LogP) is 0.803. The fourth-order valence-electron chi connectivity index (χ4n) is 2.40. The zero-order chi connectivity index (χ0) is 14.7. The number of nitrogens with zero attached hydrogens (tertiary/aromatic N) is 4. The number of hydrogen-bond donors (Lipinski definition) is 2. The molecule has 0 radical (unpaired) electrons. The lowest BCUT2D eigenvalue weighted by Crippen LogP contribution is -2.32. The average molecular weight is 279 g/mol. The molecule has 0 saturated carbocycles. The van der Waals surface area contributed by atoms with Crippen molar-refractivity contribution < 1.29 is 9.94 Å². The second-order valence-corrected chi connectivity index (χ2v) is 5.11. The van der Waals surface area contributed by atoms with E-state index in [9.17, 15) is 0 Å². The minimum atomic E-state index is 0.0506. The maximum absolute atomic E-state index is 8.97. The van der Waals surface area contributed by atoms with Gasteiger partial charge in [0.1, 0.15) is 0 Å². The highest BCUT2D eigenvalue weighted by atomic mass is 16.5. The third kappa shape index (κ3) is 2.82. The Kier molecular flexibility index (Phi) is 4.39. The normalized spacial score (nSPS) is 19.4. The Balaban J connectivity index is 2.32. The second-order valence-electron chi connectivity index (χ2n) is 5.11. The molecule has 0 amide bonds. The van der Waals surface area contributed by atoms with Gasteiger partial charge in [-0.1, -0.05) is 5.16 Å². The minimum Gasteiger partial charge on any atom is -0.409 e. The van der Waals surface area contributed by atoms with E-state index in [0.717, 1.165) is 30.7 Å². The summed E-state index contributed by atoms with van der Waals surface area (Å²) in [4.78, 5) is 1.95. The number of hydrogen-bond acceptors (Lipinski definition) is 6. The fourth-order valence-corrected chi connectivity index (χ4v) is 2.40. The number of amidine groups is 1. The smallest absolute Gasteiger partial charge is 0.174 e. The molecule has 20 heavy (non-hydrogen) atoms. The number of oxime groups is 1. The Morgan fingerprint density at radius 1 is 1.50 bits per heavy atom. The van der Waals surface area contributed by atoms with Crippen LogP contribution in [0.5, 0.6) is 0 Å². The summed E-state index contributed by atoms with van der Waals surface area (Å²) in [5.74, 6) is 0.661. The lowest BCUT2D eigenvalue weighted by atomic mass is 10.1. The molecule has 2 heterocycles. The maximum Gasteiger partial charge on any atom is 0.174 e. The number of aromatic nitrogens is 2. The zero-order valence-electron chi connectivity index (χ0n) is 12.1. The van der Waals surface area contributed by atoms with Crippen LogP contribution in [0.4, 0.5) is 5.82 Å². The molecule has 3 N–H and O–H groups in total. The van der Waals surface area contributed by atoms with Gasteiger partial charge in [0.25, 0.3) is 0 Å². The van der Waals surface area contributed by atoms with Gasteiger partial charge in [-0.05, 0) is 32.3 Å². The van der Waals surface area contributed by atoms with Gasteiger partial charge in [0.2, 0.25) is 0 Å². The quantitative estimate of drug-likeness (QED) is 0.366. The Bertz CT molecular complexity index is 512. The van der Waals surface area contributed by atoms with Crippen LogP contribution in [0.25, 0.3) is 0 Å². The van der Waals surface area contributed by atoms with Crippen molar-refractivity contribution in [2.24, 2.45) is 10.9 Å². The van der Waals surface area contributed by atoms with Gasteiger partial charge in [0.15, 0.2) is 11.7 Å². The molecule has 1 aromatic rings. The van der Waals surface area contributed by atoms with E-state index in [4.69, 9.17) is 15.7 Å². The molecule has 1 saturated heterocycles. The minimum absolute atomic E-state index is 0.0506. The summed E-state index contributed by atoms with van der Waals surface area (Å²) in [5.41, 5.74) is 8.04. The van der Waals surface area contributed by atoms with Gasteiger partial charge in [-0.3, -0.25) is 0 Å². The molecule has 2 rings (SSSR count). The summed E-state index contributed by atoms with van der Waals surface area (Å²) in [7, 11) is 1.91. The average Bonchev–Trinajstić information content (AvgIpc) is 2.93. The SMILES string of the molecule is Cc1nnc(N(C)CC2CCCO2)c(C(N)=NO)c1C. The highest BCUT2D eigenvalue weighted by Gasteiger charge is 2.22. The molecule has 0 aliphatic carbocycles. The molecule has 1 aliphatic rings. The molecular weight excluding hydrogens is 258 g/mol. The summed E-state index contributed by atoms with van der Waals surface area (Å²) >= 11 is 0. The van der Waals surface area contributed by atoms with Crippen molar-refractivity contribution >= 4 is 11.7 Å². The van der Waals surface area contributed by atoms with Crippen LogP contribution in [0.2, 0.25) is 0 Å². The van der Waals surface area contributed by atoms with E-state index in [0.29, 0.717) is 17.9 Å². The molecule has 1 unspecified atom stereocenters. The molecule has 7 heteroatoms. The van der Waals surface area contributed by atoms with Crippen molar-refractivity contribution in [1.29, 1.82) is 0 Å². The largest absolute Gasteiger partial charge is 0.409 e. The standard InChI is InChI=1S/C13H21N5O2/c1-8-9(2)15-16-13(11(8)12(14)17-19)18(3)7-10-5-4-6-20-10/h10,19H,4-7H2,1-3H3,(H2,14,17). The molecular formula is C13H21N5O2. The molecule has 7 nitrogen and oxygen atoms in total. The van der Waals surface area contributed by atoms with Crippen LogP contribution in [-0.4, -0.2) is 47.5 Å². The van der Waals surface area contributed by atoms with Crippen molar-refractivity contribution in [2.45, 2.75) is 32.8 Å². The molecule has 0 spiro atoms. The number of anilines is 1. The van der Waals surface area contributed by atoms with Crippen LogP contribution in [0, 0.1) is 13.8 Å². The molecule has 1 atom stereocenters. The third-order valence-electron chi connectivity index (χ3n) is 3.66. The van der Waals surface area contributed by atoms with Gasteiger partial charge in [0.05, 0.1) is 17.4 Å². The van der Waals surface area contributed by atoms with Crippen molar-refractivity contribution in [3.8, 4) is 0 Å². The summed E-state index contributed by atoms with van der Waals surface area (Å²) in [6, 6.07) is 0. The molecule has 1 fully saturated rings. The van der Waals surface area contributed by atoms with E-state index >= 15 is 0 Å². The van der Waals surface area contributed by atoms with Gasteiger partial charge < -0.3 is 20.6 Å². The fraction of sp³-hybridized carbons (Fsp3) is 0.615. The predicted molar refractivity (Wildman–Crippen MR) is 76.3 cm³/mol. The molecule has 0 bridgehead atoms. The molecule has 110 valence electrons. The zero-order valence-corrected chi connectivity index (χ0v) is 12.1. The Labute approximate surface area is 118 Å². The van der Waals surface area contributed by atoms with E-state index in [1.165, 1.54) is 0 Å². The van der Waals surface area contributed by atoms with Crippen LogP contribution >= 0.6 is 0 Å². The van der Waals surface area contributed by atoms with Crippen molar-refractivity contribution in [3.63, 3.8) is 0 Å². The number of likely N-dealkylation sites (N-methyl/N-ethyl adjacent to an activating group) is 1. The van der Waals surface area contributed by atoms with Gasteiger partial charge in [-0.15, -0.1) is 5.10 Å². The lowest BCUT2D eigenvalue weighted by molar-refractivity contribution is 0.116. The first-order valence-corrected chi connectivity index (χ1v) is 6.69. The van der Waals surface area contributed by atoms with E-state index in [-0.39, 0.29) is 11.9 Å². The van der Waals surface area contributed by atoms with Gasteiger partial charge >= 0.3 is 0 Å². The molecule has 1 aliphatic heterocycles. The van der Waals surface area contributed by atoms with E-state index in [1.54, 1.807) is 0 Å². The Morgan fingerprint density at radius 2 is 2.25 bits per heavy atom. The second kappa shape index (κ2) is 6.04. The first kappa shape index (κ1) is 14.5. The summed E-state index contributed by atoms with van der Waals surface area (Å²) in [6.45, 7) is 5.26. The molecule has 1 aromatic heterocycles. The maximum atomic E-state index is 8.97. The number of aryl methyl sites for hydroxylation is 1. The first-order valence-electron chi connectivity index (χ1n) is 6.69. The monoisotopic (exact) mass is 279 g/mol. The number of nitrogens with two attached hydrogens (primary N) is 1. The van der Waals surface area contributed by atoms with Crippen molar-refractivity contribution in [2.75, 3.05) is 25.1 Å². The van der Waals surface area contributed by atoms with Gasteiger partial charge in [0, 0.05) is 20.2 Å². The van der Waals surface area contributed by atoms with Crippen molar-refractivity contribution in [1.82, 2.24) is 10.2 Å². The topological polar surface area (TPSA) is 96.9 Å². The van der Waals surface area contributed by atoms with Gasteiger partial charge in [-0.25, -0.2) is 0 Å². The summed E-state index contributed by atoms with van der Waals surface area (Å²) in [6.07, 6.45) is 2.33. The summed E-state index contributed by atoms with van der Waals surface area (Å²) < 4.78 is 5.63. The summed E-state index contributed by atoms with van der Waals surface area (Å²) in [5, 5.41) is 20.4. The number of rotatable bonds is 4. The number of ether oxygens (including phenoxy) is 1. The molecule has 0 aromatic carbocycles. The van der Waals surface area contributed by atoms with E-state index < -0.39 is 0 Å². The lowest BCUT2D eigenvalue weighted by Gasteiger charge is -2.24.